The fraction of sp³-hybridized carbons (Fsp3) is 0.0667. The van der Waals surface area contributed by atoms with E-state index >= 15 is 0 Å². The minimum Gasteiger partial charge on any atom is -0.342 e. The van der Waals surface area contributed by atoms with Gasteiger partial charge in [0.1, 0.15) is 5.82 Å². The zero-order valence-electron chi connectivity index (χ0n) is 10.7. The molecule has 3 rings (SSSR count). The van der Waals surface area contributed by atoms with E-state index in [2.05, 4.69) is 15.1 Å². The number of aromatic nitrogens is 2. The van der Waals surface area contributed by atoms with Crippen molar-refractivity contribution in [3.63, 3.8) is 0 Å². The summed E-state index contributed by atoms with van der Waals surface area (Å²) in [6, 6.07) is 15.4. The standard InChI is InChI=1S/C15H13ClN4/c16-11-5-3-4-10(8-11)14(20-17)9-15-18-12-6-1-2-7-13(12)19-15/h1-8H,9,17H2,(H,18,19)/b20-14-. The maximum atomic E-state index is 5.99. The second-order valence-corrected chi connectivity index (χ2v) is 4.90. The van der Waals surface area contributed by atoms with Crippen molar-refractivity contribution in [1.29, 1.82) is 0 Å². The number of fused-ring (bicyclic) bond motifs is 1. The summed E-state index contributed by atoms with van der Waals surface area (Å²) in [5.41, 5.74) is 3.59. The van der Waals surface area contributed by atoms with Gasteiger partial charge in [0, 0.05) is 5.02 Å². The van der Waals surface area contributed by atoms with Crippen molar-refractivity contribution in [2.24, 2.45) is 10.9 Å². The molecule has 3 aromatic rings. The molecule has 20 heavy (non-hydrogen) atoms. The number of benzene rings is 2. The van der Waals surface area contributed by atoms with Gasteiger partial charge in [-0.05, 0) is 29.8 Å². The molecule has 0 atom stereocenters. The van der Waals surface area contributed by atoms with Gasteiger partial charge in [-0.2, -0.15) is 5.10 Å². The lowest BCUT2D eigenvalue weighted by atomic mass is 10.1. The molecule has 0 unspecified atom stereocenters. The van der Waals surface area contributed by atoms with Gasteiger partial charge in [-0.15, -0.1) is 0 Å². The summed E-state index contributed by atoms with van der Waals surface area (Å²) in [4.78, 5) is 7.79. The summed E-state index contributed by atoms with van der Waals surface area (Å²) in [7, 11) is 0. The number of nitrogens with two attached hydrogens (primary N) is 1. The lowest BCUT2D eigenvalue weighted by molar-refractivity contribution is 1.08. The predicted octanol–water partition coefficient (Wildman–Crippen LogP) is 3.12. The maximum absolute atomic E-state index is 5.99. The van der Waals surface area contributed by atoms with E-state index in [0.29, 0.717) is 11.4 Å². The molecule has 100 valence electrons. The monoisotopic (exact) mass is 284 g/mol. The zero-order valence-corrected chi connectivity index (χ0v) is 11.4. The lowest BCUT2D eigenvalue weighted by Crippen LogP contribution is -2.09. The minimum atomic E-state index is 0.533. The molecule has 0 saturated heterocycles. The third-order valence-corrected chi connectivity index (χ3v) is 3.32. The first-order valence-electron chi connectivity index (χ1n) is 6.22. The molecule has 4 nitrogen and oxygen atoms in total. The van der Waals surface area contributed by atoms with Crippen molar-refractivity contribution in [3.05, 3.63) is 64.9 Å². The van der Waals surface area contributed by atoms with Crippen molar-refractivity contribution in [1.82, 2.24) is 9.97 Å². The summed E-state index contributed by atoms with van der Waals surface area (Å²) in [5, 5.41) is 4.52. The molecular formula is C15H13ClN4. The van der Waals surface area contributed by atoms with Crippen LogP contribution in [0.2, 0.25) is 5.02 Å². The number of halogens is 1. The van der Waals surface area contributed by atoms with Crippen LogP contribution in [0, 0.1) is 0 Å². The van der Waals surface area contributed by atoms with Crippen LogP contribution in [0.25, 0.3) is 11.0 Å². The van der Waals surface area contributed by atoms with Gasteiger partial charge in [0.15, 0.2) is 0 Å². The van der Waals surface area contributed by atoms with E-state index in [-0.39, 0.29) is 0 Å². The molecule has 5 heteroatoms. The smallest absolute Gasteiger partial charge is 0.113 e. The molecule has 0 aliphatic rings. The van der Waals surface area contributed by atoms with E-state index in [1.54, 1.807) is 0 Å². The van der Waals surface area contributed by atoms with E-state index in [1.165, 1.54) is 0 Å². The normalized spacial score (nSPS) is 11.9. The van der Waals surface area contributed by atoms with Crippen LogP contribution in [0.15, 0.2) is 53.6 Å². The Hall–Kier alpha value is -2.33. The second kappa shape index (κ2) is 5.35. The fourth-order valence-corrected chi connectivity index (χ4v) is 2.33. The first kappa shape index (κ1) is 12.7. The molecule has 0 bridgehead atoms. The van der Waals surface area contributed by atoms with Gasteiger partial charge in [0.2, 0.25) is 0 Å². The van der Waals surface area contributed by atoms with Crippen LogP contribution in [-0.4, -0.2) is 15.7 Å². The number of nitrogens with one attached hydrogen (secondary N) is 1. The van der Waals surface area contributed by atoms with Gasteiger partial charge >= 0.3 is 0 Å². The van der Waals surface area contributed by atoms with E-state index in [4.69, 9.17) is 17.4 Å². The van der Waals surface area contributed by atoms with Crippen molar-refractivity contribution in [2.45, 2.75) is 6.42 Å². The highest BCUT2D eigenvalue weighted by Gasteiger charge is 2.09. The fourth-order valence-electron chi connectivity index (χ4n) is 2.14. The van der Waals surface area contributed by atoms with Crippen LogP contribution in [0.4, 0.5) is 0 Å². The molecule has 0 spiro atoms. The number of hydrogen-bond donors (Lipinski definition) is 2. The van der Waals surface area contributed by atoms with Crippen molar-refractivity contribution in [2.75, 3.05) is 0 Å². The Morgan fingerprint density at radius 2 is 2.05 bits per heavy atom. The van der Waals surface area contributed by atoms with Crippen LogP contribution in [0.5, 0.6) is 0 Å². The molecule has 0 amide bonds. The quantitative estimate of drug-likeness (QED) is 0.441. The Bertz CT molecular complexity index is 743. The van der Waals surface area contributed by atoms with Gasteiger partial charge in [-0.25, -0.2) is 4.98 Å². The first-order valence-corrected chi connectivity index (χ1v) is 6.60. The van der Waals surface area contributed by atoms with Crippen LogP contribution in [0.3, 0.4) is 0 Å². The molecule has 0 fully saturated rings. The number of nitrogens with zero attached hydrogens (tertiary/aromatic N) is 2. The molecule has 0 aliphatic heterocycles. The summed E-state index contributed by atoms with van der Waals surface area (Å²) < 4.78 is 0. The molecular weight excluding hydrogens is 272 g/mol. The number of hydrazone groups is 1. The lowest BCUT2D eigenvalue weighted by Gasteiger charge is -2.04. The molecule has 2 aromatic carbocycles. The Labute approximate surface area is 121 Å². The van der Waals surface area contributed by atoms with E-state index < -0.39 is 0 Å². The summed E-state index contributed by atoms with van der Waals surface area (Å²) >= 11 is 5.99. The largest absolute Gasteiger partial charge is 0.342 e. The van der Waals surface area contributed by atoms with Gasteiger partial charge in [0.25, 0.3) is 0 Å². The van der Waals surface area contributed by atoms with Crippen molar-refractivity contribution < 1.29 is 0 Å². The first-order chi connectivity index (χ1) is 9.76. The number of aromatic amines is 1. The van der Waals surface area contributed by atoms with Gasteiger partial charge in [0.05, 0.1) is 23.2 Å². The molecule has 1 heterocycles. The third kappa shape index (κ3) is 2.51. The second-order valence-electron chi connectivity index (χ2n) is 4.46. The molecule has 1 aromatic heterocycles. The molecule has 0 radical (unpaired) electrons. The Balaban J connectivity index is 1.92. The Morgan fingerprint density at radius 1 is 1.20 bits per heavy atom. The van der Waals surface area contributed by atoms with E-state index in [0.717, 1.165) is 28.1 Å². The SMILES string of the molecule is N/N=C(/Cc1nc2ccccc2[nH]1)c1cccc(Cl)c1. The topological polar surface area (TPSA) is 67.1 Å². The zero-order chi connectivity index (χ0) is 13.9. The average Bonchev–Trinajstić information content (AvgIpc) is 2.87. The summed E-state index contributed by atoms with van der Waals surface area (Å²) in [6.07, 6.45) is 0.533. The van der Waals surface area contributed by atoms with Gasteiger partial charge in [-0.1, -0.05) is 35.9 Å². The number of imidazole rings is 1. The highest BCUT2D eigenvalue weighted by molar-refractivity contribution is 6.31. The average molecular weight is 285 g/mol. The maximum Gasteiger partial charge on any atom is 0.113 e. The Kier molecular flexibility index (Phi) is 3.39. The van der Waals surface area contributed by atoms with Crippen LogP contribution >= 0.6 is 11.6 Å². The number of H-pyrrole nitrogens is 1. The minimum absolute atomic E-state index is 0.533. The van der Waals surface area contributed by atoms with Crippen LogP contribution in [0.1, 0.15) is 11.4 Å². The summed E-state index contributed by atoms with van der Waals surface area (Å²) in [6.45, 7) is 0. The number of rotatable bonds is 3. The van der Waals surface area contributed by atoms with Crippen LogP contribution < -0.4 is 5.84 Å². The van der Waals surface area contributed by atoms with Crippen molar-refractivity contribution >= 4 is 28.3 Å². The molecule has 0 saturated carbocycles. The van der Waals surface area contributed by atoms with Gasteiger partial charge in [-0.3, -0.25) is 0 Å². The summed E-state index contributed by atoms with van der Waals surface area (Å²) in [5.74, 6) is 6.33. The van der Waals surface area contributed by atoms with E-state index in [1.807, 2.05) is 48.5 Å². The predicted molar refractivity (Wildman–Crippen MR) is 82.0 cm³/mol. The number of hydrogen-bond acceptors (Lipinski definition) is 3. The van der Waals surface area contributed by atoms with Crippen LogP contribution in [-0.2, 0) is 6.42 Å². The third-order valence-electron chi connectivity index (χ3n) is 3.09. The Morgan fingerprint density at radius 3 is 2.80 bits per heavy atom. The number of para-hydroxylation sites is 2. The molecule has 3 N–H and O–H groups in total. The van der Waals surface area contributed by atoms with Crippen molar-refractivity contribution in [3.8, 4) is 0 Å². The van der Waals surface area contributed by atoms with E-state index in [9.17, 15) is 0 Å². The highest BCUT2D eigenvalue weighted by atomic mass is 35.5. The highest BCUT2D eigenvalue weighted by Crippen LogP contribution is 2.15. The van der Waals surface area contributed by atoms with Gasteiger partial charge < -0.3 is 10.8 Å². The molecule has 0 aliphatic carbocycles.